The molecule has 1 aromatic heterocycles. The molecule has 1 atom stereocenters. The molecule has 0 unspecified atom stereocenters. The van der Waals surface area contributed by atoms with Crippen molar-refractivity contribution >= 4 is 38.4 Å². The van der Waals surface area contributed by atoms with Crippen LogP contribution >= 0.6 is 0 Å². The van der Waals surface area contributed by atoms with E-state index in [1.165, 1.54) is 6.07 Å². The van der Waals surface area contributed by atoms with Gasteiger partial charge >= 0.3 is 0 Å². The van der Waals surface area contributed by atoms with E-state index in [4.69, 9.17) is 4.42 Å². The number of alkyl halides is 1. The molecule has 4 aromatic rings. The molecule has 1 saturated carbocycles. The first-order valence-corrected chi connectivity index (χ1v) is 16.2. The van der Waals surface area contributed by atoms with Gasteiger partial charge in [-0.05, 0) is 49.4 Å². The Morgan fingerprint density at radius 3 is 2.42 bits per heavy atom. The van der Waals surface area contributed by atoms with Gasteiger partial charge in [-0.25, -0.2) is 12.8 Å². The van der Waals surface area contributed by atoms with Crippen molar-refractivity contribution in [1.82, 2.24) is 5.32 Å². The monoisotopic (exact) mass is 606 g/mol. The lowest BCUT2D eigenvalue weighted by Crippen LogP contribution is -2.39. The summed E-state index contributed by atoms with van der Waals surface area (Å²) in [5, 5.41) is 13.1. The Balaban J connectivity index is 1.73. The first kappa shape index (κ1) is 30.4. The van der Waals surface area contributed by atoms with Crippen LogP contribution < -0.4 is 9.62 Å². The van der Waals surface area contributed by atoms with Gasteiger partial charge < -0.3 is 14.8 Å². The number of rotatable bonds is 12. The molecule has 0 spiro atoms. The highest BCUT2D eigenvalue weighted by molar-refractivity contribution is 7.92. The van der Waals surface area contributed by atoms with Crippen LogP contribution in [0.2, 0.25) is 0 Å². The number of carbonyl (C=O) groups excluding carboxylic acids is 2. The van der Waals surface area contributed by atoms with E-state index in [1.54, 1.807) is 37.3 Å². The second kappa shape index (κ2) is 12.3. The van der Waals surface area contributed by atoms with Crippen molar-refractivity contribution < 1.29 is 31.9 Å². The number of furan rings is 1. The summed E-state index contributed by atoms with van der Waals surface area (Å²) < 4.78 is 46.8. The summed E-state index contributed by atoms with van der Waals surface area (Å²) in [6.07, 6.45) is 3.10. The molecular formula is C33H35FN2O6S. The van der Waals surface area contributed by atoms with E-state index in [-0.39, 0.29) is 47.9 Å². The number of aryl methyl sites for hydroxylation is 1. The zero-order chi connectivity index (χ0) is 30.9. The summed E-state index contributed by atoms with van der Waals surface area (Å²) in [5.74, 6) is 0.0871. The third-order valence-electron chi connectivity index (χ3n) is 7.82. The largest absolute Gasteiger partial charge is 0.455 e. The lowest BCUT2D eigenvalue weighted by Gasteiger charge is -2.24. The van der Waals surface area contributed by atoms with Gasteiger partial charge in [0, 0.05) is 34.6 Å². The van der Waals surface area contributed by atoms with Gasteiger partial charge in [0.15, 0.2) is 5.78 Å². The quantitative estimate of drug-likeness (QED) is 0.194. The summed E-state index contributed by atoms with van der Waals surface area (Å²) in [6.45, 7) is 2.19. The van der Waals surface area contributed by atoms with Crippen molar-refractivity contribution in [3.63, 3.8) is 0 Å². The zero-order valence-electron chi connectivity index (χ0n) is 24.4. The van der Waals surface area contributed by atoms with E-state index in [9.17, 15) is 27.5 Å². The fourth-order valence-corrected chi connectivity index (χ4v) is 6.27. The minimum absolute atomic E-state index is 0.153. The summed E-state index contributed by atoms with van der Waals surface area (Å²) in [5.41, 5.74) is 3.75. The maximum Gasteiger partial charge on any atom is 0.251 e. The van der Waals surface area contributed by atoms with E-state index < -0.39 is 23.2 Å². The van der Waals surface area contributed by atoms with Crippen molar-refractivity contribution in [1.29, 1.82) is 0 Å². The molecule has 3 aromatic carbocycles. The fourth-order valence-electron chi connectivity index (χ4n) is 5.36. The van der Waals surface area contributed by atoms with Crippen LogP contribution in [0.4, 0.5) is 10.1 Å². The number of aliphatic hydroxyl groups is 1. The predicted molar refractivity (Wildman–Crippen MR) is 166 cm³/mol. The van der Waals surface area contributed by atoms with Gasteiger partial charge in [-0.1, -0.05) is 48.9 Å². The smallest absolute Gasteiger partial charge is 0.251 e. The fraction of sp³-hybridized carbons (Fsp3) is 0.333. The lowest BCUT2D eigenvalue weighted by atomic mass is 9.95. The van der Waals surface area contributed by atoms with E-state index >= 15 is 0 Å². The van der Waals surface area contributed by atoms with Crippen molar-refractivity contribution in [3.05, 3.63) is 77.4 Å². The highest BCUT2D eigenvalue weighted by Gasteiger charge is 2.32. The number of benzene rings is 3. The van der Waals surface area contributed by atoms with Crippen LogP contribution in [0.5, 0.6) is 0 Å². The van der Waals surface area contributed by atoms with Gasteiger partial charge in [0.05, 0.1) is 36.7 Å². The number of carbonyl (C=O) groups is 2. The number of ketones is 1. The van der Waals surface area contributed by atoms with Crippen molar-refractivity contribution in [2.75, 3.05) is 30.4 Å². The van der Waals surface area contributed by atoms with E-state index in [0.717, 1.165) is 29.0 Å². The van der Waals surface area contributed by atoms with Gasteiger partial charge in [0.2, 0.25) is 10.0 Å². The number of hydrogen-bond acceptors (Lipinski definition) is 6. The molecule has 226 valence electrons. The third-order valence-corrected chi connectivity index (χ3v) is 9.00. The standard InChI is InChI=1S/C33H35FN2O6S/c1-4-29(38)31-26-17-25(23-6-5-7-24(16-23)33(39)35-27(19-37)21-12-13-21)28(36(15-14-34)43(3,40)41)18-30(26)42-32(31)22-10-8-20(2)9-11-22/h5-11,16-18,21,27,37H,4,12-15,19H2,1-3H3,(H,35,39)/t27-/m0/s1. The molecule has 10 heteroatoms. The van der Waals surface area contributed by atoms with Gasteiger partial charge in [-0.2, -0.15) is 0 Å². The second-order valence-corrected chi connectivity index (χ2v) is 12.9. The minimum atomic E-state index is -3.93. The Morgan fingerprint density at radius 2 is 1.81 bits per heavy atom. The number of hydrogen-bond donors (Lipinski definition) is 2. The average molecular weight is 607 g/mol. The Hall–Kier alpha value is -4.02. The zero-order valence-corrected chi connectivity index (χ0v) is 25.2. The number of anilines is 1. The van der Waals surface area contributed by atoms with Gasteiger partial charge in [0.1, 0.15) is 18.0 Å². The number of halogens is 1. The highest BCUT2D eigenvalue weighted by atomic mass is 32.2. The van der Waals surface area contributed by atoms with E-state index in [0.29, 0.717) is 39.0 Å². The molecule has 0 bridgehead atoms. The van der Waals surface area contributed by atoms with Crippen LogP contribution in [0.15, 0.2) is 65.1 Å². The molecule has 1 fully saturated rings. The number of Topliss-reactive ketones (excluding diaryl/α,β-unsaturated/α-hetero) is 1. The van der Waals surface area contributed by atoms with Crippen LogP contribution in [0, 0.1) is 12.8 Å². The molecule has 0 saturated heterocycles. The summed E-state index contributed by atoms with van der Waals surface area (Å²) in [6, 6.07) is 17.1. The Morgan fingerprint density at radius 1 is 1.09 bits per heavy atom. The first-order chi connectivity index (χ1) is 20.5. The summed E-state index contributed by atoms with van der Waals surface area (Å²) in [7, 11) is -3.93. The highest BCUT2D eigenvalue weighted by Crippen LogP contribution is 2.42. The molecule has 43 heavy (non-hydrogen) atoms. The number of aliphatic hydroxyl groups excluding tert-OH is 1. The van der Waals surface area contributed by atoms with Gasteiger partial charge in [0.25, 0.3) is 5.91 Å². The van der Waals surface area contributed by atoms with E-state index in [2.05, 4.69) is 5.32 Å². The summed E-state index contributed by atoms with van der Waals surface area (Å²) in [4.78, 5) is 26.5. The number of nitrogens with zero attached hydrogens (tertiary/aromatic N) is 1. The maximum atomic E-state index is 13.7. The normalized spacial score (nSPS) is 14.1. The lowest BCUT2D eigenvalue weighted by molar-refractivity contribution is 0.0907. The van der Waals surface area contributed by atoms with Crippen LogP contribution in [-0.4, -0.2) is 57.3 Å². The average Bonchev–Trinajstić information content (AvgIpc) is 3.77. The van der Waals surface area contributed by atoms with Crippen LogP contribution in [0.25, 0.3) is 33.4 Å². The molecule has 2 N–H and O–H groups in total. The van der Waals surface area contributed by atoms with E-state index in [1.807, 2.05) is 31.2 Å². The van der Waals surface area contributed by atoms with Gasteiger partial charge in [-0.15, -0.1) is 0 Å². The Bertz CT molecular complexity index is 1780. The molecule has 0 radical (unpaired) electrons. The molecule has 1 heterocycles. The van der Waals surface area contributed by atoms with Crippen LogP contribution in [-0.2, 0) is 10.0 Å². The van der Waals surface area contributed by atoms with Crippen LogP contribution in [0.1, 0.15) is 52.5 Å². The molecule has 1 aliphatic rings. The molecule has 5 rings (SSSR count). The molecular weight excluding hydrogens is 571 g/mol. The van der Waals surface area contributed by atoms with Gasteiger partial charge in [-0.3, -0.25) is 13.9 Å². The Kier molecular flexibility index (Phi) is 8.71. The maximum absolute atomic E-state index is 13.7. The number of fused-ring (bicyclic) bond motifs is 1. The van der Waals surface area contributed by atoms with Crippen molar-refractivity contribution in [2.24, 2.45) is 5.92 Å². The Labute approximate surface area is 250 Å². The topological polar surface area (TPSA) is 117 Å². The minimum Gasteiger partial charge on any atom is -0.455 e. The first-order valence-electron chi connectivity index (χ1n) is 14.3. The number of amides is 1. The molecule has 1 amide bonds. The SMILES string of the molecule is CCC(=O)c1c(-c2ccc(C)cc2)oc2cc(N(CCF)S(C)(=O)=O)c(-c3cccc(C(=O)N[C@@H](CO)C4CC4)c3)cc12. The summed E-state index contributed by atoms with van der Waals surface area (Å²) >= 11 is 0. The third kappa shape index (κ3) is 6.35. The number of nitrogens with one attached hydrogen (secondary N) is 1. The number of sulfonamides is 1. The molecule has 0 aliphatic heterocycles. The predicted octanol–water partition coefficient (Wildman–Crippen LogP) is 5.90. The van der Waals surface area contributed by atoms with Crippen molar-refractivity contribution in [2.45, 2.75) is 39.2 Å². The van der Waals surface area contributed by atoms with Crippen LogP contribution in [0.3, 0.4) is 0 Å². The second-order valence-electron chi connectivity index (χ2n) is 11.0. The molecule has 1 aliphatic carbocycles. The molecule has 8 nitrogen and oxygen atoms in total. The van der Waals surface area contributed by atoms with Crippen molar-refractivity contribution in [3.8, 4) is 22.5 Å².